The van der Waals surface area contributed by atoms with Crippen molar-refractivity contribution in [1.82, 2.24) is 9.97 Å². The molecule has 0 aliphatic heterocycles. The van der Waals surface area contributed by atoms with Crippen LogP contribution in [-0.2, 0) is 0 Å². The van der Waals surface area contributed by atoms with Crippen molar-refractivity contribution < 1.29 is 14.3 Å². The molecule has 1 amide bonds. The number of primary amides is 1. The second kappa shape index (κ2) is 5.40. The van der Waals surface area contributed by atoms with Crippen molar-refractivity contribution in [3.63, 3.8) is 0 Å². The Hall–Kier alpha value is -3.02. The second-order valence-corrected chi connectivity index (χ2v) is 4.87. The number of aromatic amines is 1. The molecule has 6 heteroatoms. The highest BCUT2D eigenvalue weighted by Crippen LogP contribution is 2.33. The van der Waals surface area contributed by atoms with E-state index in [0.29, 0.717) is 28.5 Å². The molecule has 22 heavy (non-hydrogen) atoms. The minimum atomic E-state index is -0.525. The number of ether oxygens (including phenoxy) is 2. The number of nitrogens with two attached hydrogens (primary N) is 1. The Kier molecular flexibility index (Phi) is 3.42. The molecule has 2 aromatic heterocycles. The lowest BCUT2D eigenvalue weighted by atomic mass is 10.2. The van der Waals surface area contributed by atoms with Gasteiger partial charge in [0.2, 0.25) is 0 Å². The zero-order valence-electron chi connectivity index (χ0n) is 12.2. The summed E-state index contributed by atoms with van der Waals surface area (Å²) in [7, 11) is 1.55. The zero-order chi connectivity index (χ0) is 15.7. The molecule has 0 saturated carbocycles. The summed E-state index contributed by atoms with van der Waals surface area (Å²) in [6.45, 7) is 1.91. The van der Waals surface area contributed by atoms with E-state index in [0.717, 1.165) is 11.1 Å². The van der Waals surface area contributed by atoms with Crippen LogP contribution >= 0.6 is 0 Å². The van der Waals surface area contributed by atoms with Gasteiger partial charge in [-0.15, -0.1) is 0 Å². The fraction of sp³-hybridized carbons (Fsp3) is 0.125. The number of aromatic nitrogens is 2. The van der Waals surface area contributed by atoms with E-state index in [4.69, 9.17) is 15.2 Å². The Balaban J connectivity index is 2.02. The lowest BCUT2D eigenvalue weighted by Crippen LogP contribution is -2.10. The summed E-state index contributed by atoms with van der Waals surface area (Å²) in [4.78, 5) is 18.4. The van der Waals surface area contributed by atoms with Crippen LogP contribution in [-0.4, -0.2) is 23.0 Å². The van der Waals surface area contributed by atoms with Gasteiger partial charge in [-0.05, 0) is 31.2 Å². The first-order valence-corrected chi connectivity index (χ1v) is 6.68. The van der Waals surface area contributed by atoms with Crippen LogP contribution in [0.4, 0.5) is 0 Å². The topological polar surface area (TPSA) is 90.2 Å². The van der Waals surface area contributed by atoms with Gasteiger partial charge in [0.05, 0.1) is 18.8 Å². The van der Waals surface area contributed by atoms with Gasteiger partial charge in [0, 0.05) is 17.1 Å². The monoisotopic (exact) mass is 297 g/mol. The maximum atomic E-state index is 11.3. The van der Waals surface area contributed by atoms with Crippen molar-refractivity contribution in [3.05, 3.63) is 47.9 Å². The predicted octanol–water partition coefficient (Wildman–Crippen LogP) is 2.77. The van der Waals surface area contributed by atoms with Crippen molar-refractivity contribution in [2.24, 2.45) is 5.73 Å². The van der Waals surface area contributed by atoms with Crippen LogP contribution in [0.1, 0.15) is 16.2 Å². The van der Waals surface area contributed by atoms with Gasteiger partial charge in [-0.1, -0.05) is 0 Å². The van der Waals surface area contributed by atoms with E-state index in [9.17, 15) is 4.79 Å². The van der Waals surface area contributed by atoms with E-state index in [2.05, 4.69) is 9.97 Å². The number of nitrogens with zero attached hydrogens (tertiary/aromatic N) is 1. The molecule has 0 aliphatic carbocycles. The van der Waals surface area contributed by atoms with E-state index < -0.39 is 5.91 Å². The molecule has 2 heterocycles. The molecule has 0 bridgehead atoms. The summed E-state index contributed by atoms with van der Waals surface area (Å²) in [6.07, 6.45) is 1.65. The third kappa shape index (κ3) is 2.58. The molecule has 112 valence electrons. The predicted molar refractivity (Wildman–Crippen MR) is 82.4 cm³/mol. The van der Waals surface area contributed by atoms with Crippen molar-refractivity contribution in [2.45, 2.75) is 6.92 Å². The molecule has 0 unspecified atom stereocenters. The highest BCUT2D eigenvalue weighted by atomic mass is 16.5. The summed E-state index contributed by atoms with van der Waals surface area (Å²) in [6, 6.07) is 8.92. The Morgan fingerprint density at radius 3 is 2.68 bits per heavy atom. The maximum Gasteiger partial charge on any atom is 0.265 e. The molecule has 0 radical (unpaired) electrons. The Morgan fingerprint density at radius 2 is 2.05 bits per heavy atom. The van der Waals surface area contributed by atoms with Gasteiger partial charge in [-0.25, -0.2) is 0 Å². The van der Waals surface area contributed by atoms with E-state index in [1.54, 1.807) is 31.5 Å². The molecular weight excluding hydrogens is 282 g/mol. The van der Waals surface area contributed by atoms with Crippen LogP contribution in [0.3, 0.4) is 0 Å². The average Bonchev–Trinajstić information content (AvgIpc) is 2.93. The van der Waals surface area contributed by atoms with E-state index >= 15 is 0 Å². The van der Waals surface area contributed by atoms with Crippen LogP contribution in [0.15, 0.2) is 36.5 Å². The summed E-state index contributed by atoms with van der Waals surface area (Å²) in [5.74, 6) is 1.26. The molecular formula is C16H15N3O3. The van der Waals surface area contributed by atoms with Gasteiger partial charge >= 0.3 is 0 Å². The van der Waals surface area contributed by atoms with E-state index in [1.807, 2.05) is 19.1 Å². The lowest BCUT2D eigenvalue weighted by molar-refractivity contribution is 0.0996. The molecule has 3 aromatic rings. The highest BCUT2D eigenvalue weighted by Gasteiger charge is 2.12. The molecule has 0 spiro atoms. The molecule has 1 aromatic carbocycles. The number of fused-ring (bicyclic) bond motifs is 1. The molecule has 6 nitrogen and oxygen atoms in total. The number of carbonyl (C=O) groups excluding carboxylic acids is 1. The maximum absolute atomic E-state index is 11.3. The molecule has 0 fully saturated rings. The Labute approximate surface area is 126 Å². The van der Waals surface area contributed by atoms with E-state index in [1.165, 1.54) is 0 Å². The number of hydrogen-bond donors (Lipinski definition) is 2. The van der Waals surface area contributed by atoms with Crippen LogP contribution in [0.25, 0.3) is 10.9 Å². The Morgan fingerprint density at radius 1 is 1.23 bits per heavy atom. The number of methoxy groups -OCH3 is 1. The minimum absolute atomic E-state index is 0.322. The lowest BCUT2D eigenvalue weighted by Gasteiger charge is -2.08. The normalized spacial score (nSPS) is 10.6. The third-order valence-electron chi connectivity index (χ3n) is 3.27. The number of pyridine rings is 1. The van der Waals surface area contributed by atoms with Gasteiger partial charge in [0.1, 0.15) is 22.9 Å². The first-order valence-electron chi connectivity index (χ1n) is 6.68. The van der Waals surface area contributed by atoms with Gasteiger partial charge in [0.15, 0.2) is 0 Å². The third-order valence-corrected chi connectivity index (χ3v) is 3.27. The average molecular weight is 297 g/mol. The fourth-order valence-electron chi connectivity index (χ4n) is 2.19. The van der Waals surface area contributed by atoms with Gasteiger partial charge < -0.3 is 20.2 Å². The summed E-state index contributed by atoms with van der Waals surface area (Å²) in [5, 5.41) is 0.781. The molecule has 0 atom stereocenters. The standard InChI is InChI=1S/C16H15N3O3/c1-9-3-4-11(8-18-9)22-12-5-10-6-13(16(17)20)19-15(10)14(7-12)21-2/h3-8,19H,1-2H3,(H2,17,20). The summed E-state index contributed by atoms with van der Waals surface area (Å²) < 4.78 is 11.1. The van der Waals surface area contributed by atoms with Crippen LogP contribution < -0.4 is 15.2 Å². The smallest absolute Gasteiger partial charge is 0.265 e. The second-order valence-electron chi connectivity index (χ2n) is 4.87. The first kappa shape index (κ1) is 13.9. The van der Waals surface area contributed by atoms with Gasteiger partial charge in [-0.2, -0.15) is 0 Å². The van der Waals surface area contributed by atoms with Gasteiger partial charge in [-0.3, -0.25) is 9.78 Å². The van der Waals surface area contributed by atoms with Crippen LogP contribution in [0, 0.1) is 6.92 Å². The van der Waals surface area contributed by atoms with Crippen molar-refractivity contribution in [1.29, 1.82) is 0 Å². The summed E-state index contributed by atoms with van der Waals surface area (Å²) >= 11 is 0. The fourth-order valence-corrected chi connectivity index (χ4v) is 2.19. The number of hydrogen-bond acceptors (Lipinski definition) is 4. The molecule has 0 aliphatic rings. The largest absolute Gasteiger partial charge is 0.494 e. The number of rotatable bonds is 4. The zero-order valence-corrected chi connectivity index (χ0v) is 12.2. The van der Waals surface area contributed by atoms with Gasteiger partial charge in [0.25, 0.3) is 5.91 Å². The number of H-pyrrole nitrogens is 1. The SMILES string of the molecule is COc1cc(Oc2ccc(C)nc2)cc2cc(C(N)=O)[nH]c12. The minimum Gasteiger partial charge on any atom is -0.494 e. The van der Waals surface area contributed by atoms with Crippen LogP contribution in [0.5, 0.6) is 17.2 Å². The number of amides is 1. The number of nitrogens with one attached hydrogen (secondary N) is 1. The quantitative estimate of drug-likeness (QED) is 0.774. The first-order chi connectivity index (χ1) is 10.6. The highest BCUT2D eigenvalue weighted by molar-refractivity contribution is 5.99. The van der Waals surface area contributed by atoms with E-state index in [-0.39, 0.29) is 0 Å². The molecule has 3 N–H and O–H groups in total. The van der Waals surface area contributed by atoms with Crippen LogP contribution in [0.2, 0.25) is 0 Å². The molecule has 3 rings (SSSR count). The summed E-state index contributed by atoms with van der Waals surface area (Å²) in [5.41, 5.74) is 7.23. The number of carbonyl (C=O) groups is 1. The van der Waals surface area contributed by atoms with Crippen molar-refractivity contribution in [3.8, 4) is 17.2 Å². The van der Waals surface area contributed by atoms with Crippen molar-refractivity contribution in [2.75, 3.05) is 7.11 Å². The molecule has 0 saturated heterocycles. The number of aryl methyl sites for hydroxylation is 1. The Bertz CT molecular complexity index is 838. The van der Waals surface area contributed by atoms with Crippen molar-refractivity contribution >= 4 is 16.8 Å². The number of benzene rings is 1.